The standard InChI is InChI=1S/C19H18Cl2N6O/c1-12-3-2-4-17(24-12)25-18-8-7-16(26-27-18)22-9-10-23-19(28)14-6-5-13(20)11-15(14)21/h2-8,11H,9-10H2,1H3,(H,22,26)(H,23,28)(H,24,25,27). The first-order valence-electron chi connectivity index (χ1n) is 8.53. The predicted octanol–water partition coefficient (Wildman–Crippen LogP) is 4.07. The highest BCUT2D eigenvalue weighted by atomic mass is 35.5. The van der Waals surface area contributed by atoms with Gasteiger partial charge in [-0.25, -0.2) is 4.98 Å². The molecule has 144 valence electrons. The number of hydrogen-bond donors (Lipinski definition) is 3. The molecule has 7 nitrogen and oxygen atoms in total. The molecule has 1 aromatic carbocycles. The van der Waals surface area contributed by atoms with Crippen LogP contribution in [0.5, 0.6) is 0 Å². The topological polar surface area (TPSA) is 91.8 Å². The van der Waals surface area contributed by atoms with Crippen molar-refractivity contribution in [2.24, 2.45) is 0 Å². The number of nitrogens with one attached hydrogen (secondary N) is 3. The van der Waals surface area contributed by atoms with Crippen LogP contribution in [0.3, 0.4) is 0 Å². The van der Waals surface area contributed by atoms with Crippen molar-refractivity contribution in [3.8, 4) is 0 Å². The fourth-order valence-electron chi connectivity index (χ4n) is 2.37. The third-order valence-corrected chi connectivity index (χ3v) is 4.25. The fourth-order valence-corrected chi connectivity index (χ4v) is 2.87. The Kier molecular flexibility index (Phi) is 6.62. The molecule has 0 fully saturated rings. The average Bonchev–Trinajstić information content (AvgIpc) is 2.66. The maximum absolute atomic E-state index is 12.1. The van der Waals surface area contributed by atoms with Gasteiger partial charge >= 0.3 is 0 Å². The highest BCUT2D eigenvalue weighted by Crippen LogP contribution is 2.20. The number of hydrogen-bond acceptors (Lipinski definition) is 6. The van der Waals surface area contributed by atoms with Crippen molar-refractivity contribution >= 4 is 46.6 Å². The molecule has 0 radical (unpaired) electrons. The SMILES string of the molecule is Cc1cccc(Nc2ccc(NCCNC(=O)c3ccc(Cl)cc3Cl)nn2)n1. The number of carbonyl (C=O) groups is 1. The number of benzene rings is 1. The second-order valence-corrected chi connectivity index (χ2v) is 6.74. The van der Waals surface area contributed by atoms with E-state index in [4.69, 9.17) is 23.2 Å². The highest BCUT2D eigenvalue weighted by Gasteiger charge is 2.10. The molecule has 0 aliphatic carbocycles. The van der Waals surface area contributed by atoms with Crippen molar-refractivity contribution < 1.29 is 4.79 Å². The lowest BCUT2D eigenvalue weighted by atomic mass is 10.2. The molecule has 0 atom stereocenters. The summed E-state index contributed by atoms with van der Waals surface area (Å²) in [7, 11) is 0. The summed E-state index contributed by atoms with van der Waals surface area (Å²) in [6.45, 7) is 2.80. The Labute approximate surface area is 172 Å². The molecule has 28 heavy (non-hydrogen) atoms. The van der Waals surface area contributed by atoms with Gasteiger partial charge in [-0.05, 0) is 49.4 Å². The van der Waals surface area contributed by atoms with E-state index >= 15 is 0 Å². The summed E-state index contributed by atoms with van der Waals surface area (Å²) in [6.07, 6.45) is 0. The largest absolute Gasteiger partial charge is 0.367 e. The summed E-state index contributed by atoms with van der Waals surface area (Å²) in [5.41, 5.74) is 1.30. The van der Waals surface area contributed by atoms with Gasteiger partial charge in [0.25, 0.3) is 5.91 Å². The maximum Gasteiger partial charge on any atom is 0.252 e. The van der Waals surface area contributed by atoms with Crippen molar-refractivity contribution in [1.82, 2.24) is 20.5 Å². The van der Waals surface area contributed by atoms with Crippen LogP contribution in [0.1, 0.15) is 16.1 Å². The monoisotopic (exact) mass is 416 g/mol. The molecule has 2 aromatic heterocycles. The average molecular weight is 417 g/mol. The van der Waals surface area contributed by atoms with Crippen LogP contribution in [-0.4, -0.2) is 34.2 Å². The minimum atomic E-state index is -0.264. The summed E-state index contributed by atoms with van der Waals surface area (Å²) in [5, 5.41) is 18.0. The number of aromatic nitrogens is 3. The molecule has 0 bridgehead atoms. The van der Waals surface area contributed by atoms with E-state index in [0.29, 0.717) is 46.2 Å². The van der Waals surface area contributed by atoms with Crippen molar-refractivity contribution in [2.75, 3.05) is 23.7 Å². The first-order valence-corrected chi connectivity index (χ1v) is 9.28. The van der Waals surface area contributed by atoms with Gasteiger partial charge in [0.05, 0.1) is 10.6 Å². The lowest BCUT2D eigenvalue weighted by Crippen LogP contribution is -2.29. The molecule has 3 aromatic rings. The van der Waals surface area contributed by atoms with E-state index in [9.17, 15) is 4.79 Å². The second kappa shape index (κ2) is 9.34. The Hall–Kier alpha value is -2.90. The van der Waals surface area contributed by atoms with Crippen LogP contribution in [0, 0.1) is 6.92 Å². The number of pyridine rings is 1. The Bertz CT molecular complexity index is 965. The van der Waals surface area contributed by atoms with E-state index in [-0.39, 0.29) is 5.91 Å². The van der Waals surface area contributed by atoms with Crippen LogP contribution in [0.25, 0.3) is 0 Å². The van der Waals surface area contributed by atoms with Crippen molar-refractivity contribution in [3.63, 3.8) is 0 Å². The number of carbonyl (C=O) groups excluding carboxylic acids is 1. The fraction of sp³-hybridized carbons (Fsp3) is 0.158. The zero-order valence-corrected chi connectivity index (χ0v) is 16.6. The Balaban J connectivity index is 1.45. The normalized spacial score (nSPS) is 10.4. The van der Waals surface area contributed by atoms with Crippen molar-refractivity contribution in [3.05, 3.63) is 69.8 Å². The number of halogens is 2. The van der Waals surface area contributed by atoms with Crippen LogP contribution in [0.2, 0.25) is 10.0 Å². The van der Waals surface area contributed by atoms with Gasteiger partial charge in [-0.15, -0.1) is 10.2 Å². The minimum absolute atomic E-state index is 0.264. The van der Waals surface area contributed by atoms with Gasteiger partial charge in [-0.2, -0.15) is 0 Å². The molecular weight excluding hydrogens is 399 g/mol. The molecule has 0 saturated heterocycles. The van der Waals surface area contributed by atoms with Gasteiger partial charge in [-0.3, -0.25) is 4.79 Å². The van der Waals surface area contributed by atoms with Gasteiger partial charge in [-0.1, -0.05) is 29.3 Å². The first kappa shape index (κ1) is 19.9. The quantitative estimate of drug-likeness (QED) is 0.502. The van der Waals surface area contributed by atoms with E-state index in [0.717, 1.165) is 5.69 Å². The van der Waals surface area contributed by atoms with Crippen LogP contribution in [-0.2, 0) is 0 Å². The zero-order valence-electron chi connectivity index (χ0n) is 15.0. The number of rotatable bonds is 7. The van der Waals surface area contributed by atoms with Crippen LogP contribution >= 0.6 is 23.2 Å². The Morgan fingerprint density at radius 1 is 0.964 bits per heavy atom. The molecule has 0 aliphatic rings. The number of nitrogens with zero attached hydrogens (tertiary/aromatic N) is 3. The predicted molar refractivity (Wildman–Crippen MR) is 112 cm³/mol. The van der Waals surface area contributed by atoms with E-state index in [2.05, 4.69) is 31.1 Å². The molecule has 0 spiro atoms. The Morgan fingerprint density at radius 3 is 2.46 bits per heavy atom. The van der Waals surface area contributed by atoms with Gasteiger partial charge in [0.1, 0.15) is 11.6 Å². The van der Waals surface area contributed by atoms with E-state index in [1.54, 1.807) is 24.3 Å². The van der Waals surface area contributed by atoms with Crippen molar-refractivity contribution in [1.29, 1.82) is 0 Å². The molecule has 3 rings (SSSR count). The molecule has 3 N–H and O–H groups in total. The summed E-state index contributed by atoms with van der Waals surface area (Å²) < 4.78 is 0. The molecule has 2 heterocycles. The number of anilines is 3. The molecule has 9 heteroatoms. The number of aryl methyl sites for hydroxylation is 1. The summed E-state index contributed by atoms with van der Waals surface area (Å²) in [4.78, 5) is 16.5. The van der Waals surface area contributed by atoms with Gasteiger partial charge in [0, 0.05) is 23.8 Å². The lowest BCUT2D eigenvalue weighted by molar-refractivity contribution is 0.0955. The minimum Gasteiger partial charge on any atom is -0.367 e. The Morgan fingerprint density at radius 2 is 1.75 bits per heavy atom. The van der Waals surface area contributed by atoms with E-state index < -0.39 is 0 Å². The smallest absolute Gasteiger partial charge is 0.252 e. The van der Waals surface area contributed by atoms with Crippen LogP contribution in [0.4, 0.5) is 17.5 Å². The number of amides is 1. The first-order chi connectivity index (χ1) is 13.5. The summed E-state index contributed by atoms with van der Waals surface area (Å²) in [6, 6.07) is 14.0. The molecule has 1 amide bonds. The van der Waals surface area contributed by atoms with Gasteiger partial charge in [0.15, 0.2) is 5.82 Å². The lowest BCUT2D eigenvalue weighted by Gasteiger charge is -2.09. The third kappa shape index (κ3) is 5.55. The van der Waals surface area contributed by atoms with Crippen molar-refractivity contribution in [2.45, 2.75) is 6.92 Å². The molecule has 0 saturated carbocycles. The highest BCUT2D eigenvalue weighted by molar-refractivity contribution is 6.36. The molecular formula is C19H18Cl2N6O. The maximum atomic E-state index is 12.1. The summed E-state index contributed by atoms with van der Waals surface area (Å²) >= 11 is 11.9. The van der Waals surface area contributed by atoms with Crippen LogP contribution < -0.4 is 16.0 Å². The zero-order chi connectivity index (χ0) is 19.9. The van der Waals surface area contributed by atoms with Gasteiger partial charge in [0.2, 0.25) is 0 Å². The van der Waals surface area contributed by atoms with E-state index in [1.165, 1.54) is 6.07 Å². The molecule has 0 unspecified atom stereocenters. The third-order valence-electron chi connectivity index (χ3n) is 3.70. The second-order valence-electron chi connectivity index (χ2n) is 5.90. The van der Waals surface area contributed by atoms with Gasteiger partial charge < -0.3 is 16.0 Å². The molecule has 0 aliphatic heterocycles. The van der Waals surface area contributed by atoms with E-state index in [1.807, 2.05) is 25.1 Å². The van der Waals surface area contributed by atoms with Crippen LogP contribution in [0.15, 0.2) is 48.5 Å². The summed E-state index contributed by atoms with van der Waals surface area (Å²) in [5.74, 6) is 1.63.